The Kier molecular flexibility index (Phi) is 4.41. The maximum absolute atomic E-state index is 13.2. The van der Waals surface area contributed by atoms with Gasteiger partial charge in [-0.3, -0.25) is 0 Å². The molecule has 0 amide bonds. The summed E-state index contributed by atoms with van der Waals surface area (Å²) in [6, 6.07) is 11.2. The van der Waals surface area contributed by atoms with Gasteiger partial charge in [-0.05, 0) is 41.1 Å². The molecule has 11 heteroatoms. The van der Waals surface area contributed by atoms with E-state index in [2.05, 4.69) is 15.3 Å². The van der Waals surface area contributed by atoms with Crippen molar-refractivity contribution in [3.8, 4) is 0 Å². The van der Waals surface area contributed by atoms with Crippen molar-refractivity contribution in [2.75, 3.05) is 0 Å². The van der Waals surface area contributed by atoms with Crippen molar-refractivity contribution >= 4 is 60.0 Å². The van der Waals surface area contributed by atoms with Gasteiger partial charge in [0.1, 0.15) is 0 Å². The van der Waals surface area contributed by atoms with Gasteiger partial charge in [0.25, 0.3) is 0 Å². The Morgan fingerprint density at radius 2 is 1.97 bits per heavy atom. The maximum atomic E-state index is 13.2. The number of nitrogens with zero attached hydrogens (tertiary/aromatic N) is 4. The summed E-state index contributed by atoms with van der Waals surface area (Å²) in [5, 5.41) is 11.9. The number of rotatable bonds is 4. The van der Waals surface area contributed by atoms with Gasteiger partial charge in [0.05, 0.1) is 26.8 Å². The molecule has 7 nitrogen and oxygen atoms in total. The minimum Gasteiger partial charge on any atom is -0.318 e. The van der Waals surface area contributed by atoms with Crippen molar-refractivity contribution in [1.29, 1.82) is 0 Å². The van der Waals surface area contributed by atoms with Crippen molar-refractivity contribution in [3.63, 3.8) is 0 Å². The van der Waals surface area contributed by atoms with Crippen LogP contribution in [0.4, 0.5) is 0 Å². The van der Waals surface area contributed by atoms with Crippen LogP contribution < -0.4 is 5.73 Å². The Morgan fingerprint density at radius 1 is 1.10 bits per heavy atom. The van der Waals surface area contributed by atoms with Gasteiger partial charge >= 0.3 is 0 Å². The van der Waals surface area contributed by atoms with Crippen molar-refractivity contribution in [1.82, 2.24) is 19.8 Å². The molecule has 0 bridgehead atoms. The topological polar surface area (TPSA) is 103 Å². The van der Waals surface area contributed by atoms with E-state index in [0.717, 1.165) is 9.58 Å². The SMILES string of the molecule is NC(c1cccs1)c1nc2c(S(=O)(=O)c3cccc(Cl)c3)nnn2c2ccsc12. The summed E-state index contributed by atoms with van der Waals surface area (Å²) in [5.74, 6) is 0. The molecule has 29 heavy (non-hydrogen) atoms. The largest absolute Gasteiger partial charge is 0.318 e. The number of hydrogen-bond donors (Lipinski definition) is 1. The Morgan fingerprint density at radius 3 is 2.72 bits per heavy atom. The predicted molar refractivity (Wildman–Crippen MR) is 113 cm³/mol. The van der Waals surface area contributed by atoms with Gasteiger partial charge < -0.3 is 5.73 Å². The molecule has 0 spiro atoms. The first-order valence-corrected chi connectivity index (χ1v) is 12.0. The molecular formula is C18H12ClN5O2S3. The number of hydrogen-bond acceptors (Lipinski definition) is 8. The molecule has 0 saturated carbocycles. The Balaban J connectivity index is 1.78. The van der Waals surface area contributed by atoms with E-state index in [4.69, 9.17) is 17.3 Å². The molecule has 2 N–H and O–H groups in total. The lowest BCUT2D eigenvalue weighted by molar-refractivity contribution is 0.592. The van der Waals surface area contributed by atoms with Crippen LogP contribution in [0.25, 0.3) is 15.9 Å². The van der Waals surface area contributed by atoms with E-state index in [1.54, 1.807) is 12.1 Å². The average molecular weight is 462 g/mol. The third kappa shape index (κ3) is 2.95. The van der Waals surface area contributed by atoms with Crippen molar-refractivity contribution < 1.29 is 8.42 Å². The quantitative estimate of drug-likeness (QED) is 0.435. The minimum absolute atomic E-state index is 0.0312. The molecule has 0 radical (unpaired) electrons. The van der Waals surface area contributed by atoms with Gasteiger partial charge in [0, 0.05) is 9.90 Å². The van der Waals surface area contributed by atoms with E-state index in [9.17, 15) is 8.42 Å². The van der Waals surface area contributed by atoms with Gasteiger partial charge in [-0.1, -0.05) is 28.9 Å². The van der Waals surface area contributed by atoms with Crippen molar-refractivity contribution in [2.45, 2.75) is 16.0 Å². The lowest BCUT2D eigenvalue weighted by atomic mass is 10.1. The fraction of sp³-hybridized carbons (Fsp3) is 0.0556. The zero-order valence-corrected chi connectivity index (χ0v) is 17.8. The summed E-state index contributed by atoms with van der Waals surface area (Å²) in [4.78, 5) is 5.59. The molecule has 0 fully saturated rings. The van der Waals surface area contributed by atoms with Crippen LogP contribution in [0.5, 0.6) is 0 Å². The first-order chi connectivity index (χ1) is 14.0. The number of fused-ring (bicyclic) bond motifs is 3. The normalized spacial score (nSPS) is 13.3. The number of aromatic nitrogens is 4. The van der Waals surface area contributed by atoms with Crippen molar-refractivity contribution in [2.24, 2.45) is 5.73 Å². The number of benzene rings is 1. The van der Waals surface area contributed by atoms with Crippen LogP contribution >= 0.6 is 34.3 Å². The van der Waals surface area contributed by atoms with Crippen LogP contribution in [0, 0.1) is 0 Å². The number of halogens is 1. The molecule has 0 aliphatic carbocycles. The molecule has 1 atom stereocenters. The van der Waals surface area contributed by atoms with E-state index in [1.807, 2.05) is 29.0 Å². The van der Waals surface area contributed by atoms with Gasteiger partial charge in [-0.25, -0.2) is 13.4 Å². The molecule has 0 aliphatic heterocycles. The first kappa shape index (κ1) is 18.6. The Bertz CT molecular complexity index is 1460. The molecule has 146 valence electrons. The molecule has 4 aromatic heterocycles. The van der Waals surface area contributed by atoms with Gasteiger partial charge in [-0.15, -0.1) is 27.8 Å². The molecule has 5 aromatic rings. The average Bonchev–Trinajstić information content (AvgIpc) is 3.46. The Labute approximate surface area is 178 Å². The first-order valence-electron chi connectivity index (χ1n) is 8.39. The minimum atomic E-state index is -3.97. The summed E-state index contributed by atoms with van der Waals surface area (Å²) in [6.45, 7) is 0. The standard InChI is InChI=1S/C18H12ClN5O2S3/c19-10-3-1-4-11(9-10)29(25,26)18-17-21-15(14(20)13-5-2-7-27-13)16-12(6-8-28-16)24(17)23-22-18/h1-9,14H,20H2. The van der Waals surface area contributed by atoms with Crippen LogP contribution in [0.15, 0.2) is 63.1 Å². The van der Waals surface area contributed by atoms with Crippen molar-refractivity contribution in [3.05, 3.63) is 68.8 Å². The van der Waals surface area contributed by atoms with Crippen LogP contribution in [0.1, 0.15) is 16.6 Å². The number of nitrogens with two attached hydrogens (primary N) is 1. The van der Waals surface area contributed by atoms with Crippen LogP contribution in [0.2, 0.25) is 5.02 Å². The summed E-state index contributed by atoms with van der Waals surface area (Å²) in [7, 11) is -3.97. The van der Waals surface area contributed by atoms with E-state index in [-0.39, 0.29) is 15.6 Å². The Hall–Kier alpha value is -2.37. The molecule has 1 aromatic carbocycles. The summed E-state index contributed by atoms with van der Waals surface area (Å²) < 4.78 is 28.7. The smallest absolute Gasteiger partial charge is 0.229 e. The molecule has 0 saturated heterocycles. The monoisotopic (exact) mass is 461 g/mol. The van der Waals surface area contributed by atoms with E-state index >= 15 is 0 Å². The lowest BCUT2D eigenvalue weighted by Crippen LogP contribution is -2.14. The maximum Gasteiger partial charge on any atom is 0.229 e. The van der Waals surface area contributed by atoms with Gasteiger partial charge in [0.15, 0.2) is 5.65 Å². The van der Waals surface area contributed by atoms with E-state index in [0.29, 0.717) is 16.2 Å². The van der Waals surface area contributed by atoms with Crippen LogP contribution in [-0.2, 0) is 9.84 Å². The summed E-state index contributed by atoms with van der Waals surface area (Å²) in [6.07, 6.45) is 0. The second kappa shape index (κ2) is 6.85. The molecule has 4 heterocycles. The highest BCUT2D eigenvalue weighted by Crippen LogP contribution is 2.34. The second-order valence-electron chi connectivity index (χ2n) is 6.22. The third-order valence-corrected chi connectivity index (χ3v) is 8.22. The molecule has 1 unspecified atom stereocenters. The van der Waals surface area contributed by atoms with E-state index < -0.39 is 15.9 Å². The third-order valence-electron chi connectivity index (χ3n) is 4.45. The highest BCUT2D eigenvalue weighted by atomic mass is 35.5. The van der Waals surface area contributed by atoms with Crippen LogP contribution in [-0.4, -0.2) is 28.2 Å². The molecular weight excluding hydrogens is 450 g/mol. The second-order valence-corrected chi connectivity index (χ2v) is 10.4. The van der Waals surface area contributed by atoms with Crippen LogP contribution in [0.3, 0.4) is 0 Å². The summed E-state index contributed by atoms with van der Waals surface area (Å²) >= 11 is 8.98. The molecule has 0 aliphatic rings. The fourth-order valence-electron chi connectivity index (χ4n) is 3.08. The number of sulfone groups is 1. The highest BCUT2D eigenvalue weighted by molar-refractivity contribution is 7.91. The molecule has 5 rings (SSSR count). The van der Waals surface area contributed by atoms with E-state index in [1.165, 1.54) is 39.3 Å². The fourth-order valence-corrected chi connectivity index (χ4v) is 6.25. The zero-order valence-electron chi connectivity index (χ0n) is 14.6. The summed E-state index contributed by atoms with van der Waals surface area (Å²) in [5.41, 5.74) is 7.91. The lowest BCUT2D eigenvalue weighted by Gasteiger charge is -2.11. The van der Waals surface area contributed by atoms with Gasteiger partial charge in [0.2, 0.25) is 14.9 Å². The highest BCUT2D eigenvalue weighted by Gasteiger charge is 2.28. The zero-order chi connectivity index (χ0) is 20.2. The van der Waals surface area contributed by atoms with Gasteiger partial charge in [-0.2, -0.15) is 4.52 Å². The number of thiophene rings is 2. The predicted octanol–water partition coefficient (Wildman–Crippen LogP) is 3.93.